The molecule has 0 saturated heterocycles. The van der Waals surface area contributed by atoms with Gasteiger partial charge in [0.25, 0.3) is 0 Å². The van der Waals surface area contributed by atoms with Gasteiger partial charge in [0.05, 0.1) is 25.5 Å². The number of ether oxygens (including phenoxy) is 1. The molecule has 7 heteroatoms. The van der Waals surface area contributed by atoms with Crippen molar-refractivity contribution in [1.82, 2.24) is 5.32 Å². The first-order valence-electron chi connectivity index (χ1n) is 7.30. The summed E-state index contributed by atoms with van der Waals surface area (Å²) in [6, 6.07) is 5.80. The number of nitrogens with zero attached hydrogens (tertiary/aromatic N) is 1. The zero-order chi connectivity index (χ0) is 17.9. The SMILES string of the molecule is C=N/C(=C\C=C(/C)OC)CC(CO)NC(=O)Nc1ccc(Cl)cc1. The molecule has 1 aromatic carbocycles. The molecule has 0 aliphatic carbocycles. The van der Waals surface area contributed by atoms with E-state index in [9.17, 15) is 9.90 Å². The average molecular weight is 352 g/mol. The van der Waals surface area contributed by atoms with E-state index in [1.165, 1.54) is 0 Å². The Kier molecular flexibility index (Phi) is 8.60. The van der Waals surface area contributed by atoms with Crippen LogP contribution in [0.5, 0.6) is 0 Å². The van der Waals surface area contributed by atoms with Gasteiger partial charge in [-0.3, -0.25) is 4.99 Å². The van der Waals surface area contributed by atoms with Gasteiger partial charge in [-0.2, -0.15) is 0 Å². The number of anilines is 1. The number of hydrogen-bond acceptors (Lipinski definition) is 4. The van der Waals surface area contributed by atoms with E-state index in [1.54, 1.807) is 50.5 Å². The summed E-state index contributed by atoms with van der Waals surface area (Å²) < 4.78 is 5.03. The third kappa shape index (κ3) is 7.30. The van der Waals surface area contributed by atoms with Gasteiger partial charge in [-0.05, 0) is 50.1 Å². The number of aliphatic hydroxyl groups excluding tert-OH is 1. The largest absolute Gasteiger partial charge is 0.501 e. The van der Waals surface area contributed by atoms with E-state index in [1.807, 2.05) is 0 Å². The van der Waals surface area contributed by atoms with E-state index in [2.05, 4.69) is 22.3 Å². The van der Waals surface area contributed by atoms with Crippen molar-refractivity contribution in [2.45, 2.75) is 19.4 Å². The van der Waals surface area contributed by atoms with Gasteiger partial charge in [-0.25, -0.2) is 4.79 Å². The lowest BCUT2D eigenvalue weighted by Gasteiger charge is -2.17. The Bertz CT molecular complexity index is 612. The van der Waals surface area contributed by atoms with Crippen LogP contribution in [0.1, 0.15) is 13.3 Å². The molecule has 24 heavy (non-hydrogen) atoms. The van der Waals surface area contributed by atoms with Crippen molar-refractivity contribution >= 4 is 30.0 Å². The number of benzene rings is 1. The van der Waals surface area contributed by atoms with Crippen LogP contribution in [-0.4, -0.2) is 37.6 Å². The molecule has 0 saturated carbocycles. The molecule has 0 fully saturated rings. The van der Waals surface area contributed by atoms with Gasteiger partial charge in [0, 0.05) is 22.8 Å². The lowest BCUT2D eigenvalue weighted by Crippen LogP contribution is -2.40. The number of methoxy groups -OCH3 is 1. The summed E-state index contributed by atoms with van der Waals surface area (Å²) in [5, 5.41) is 15.4. The van der Waals surface area contributed by atoms with Crippen molar-refractivity contribution in [3.8, 4) is 0 Å². The lowest BCUT2D eigenvalue weighted by atomic mass is 10.1. The van der Waals surface area contributed by atoms with Crippen LogP contribution in [0.4, 0.5) is 10.5 Å². The van der Waals surface area contributed by atoms with Crippen molar-refractivity contribution in [1.29, 1.82) is 0 Å². The van der Waals surface area contributed by atoms with Gasteiger partial charge in [0.15, 0.2) is 0 Å². The fourth-order valence-corrected chi connectivity index (χ4v) is 1.89. The number of aliphatic hydroxyl groups is 1. The highest BCUT2D eigenvalue weighted by atomic mass is 35.5. The van der Waals surface area contributed by atoms with Crippen LogP contribution in [0, 0.1) is 0 Å². The van der Waals surface area contributed by atoms with Crippen molar-refractivity contribution in [3.63, 3.8) is 0 Å². The number of carbonyl (C=O) groups is 1. The third-order valence-electron chi connectivity index (χ3n) is 3.15. The second-order valence-electron chi connectivity index (χ2n) is 4.99. The summed E-state index contributed by atoms with van der Waals surface area (Å²) in [5.74, 6) is 0.713. The van der Waals surface area contributed by atoms with Gasteiger partial charge in [0.2, 0.25) is 0 Å². The van der Waals surface area contributed by atoms with Crippen LogP contribution < -0.4 is 10.6 Å². The van der Waals surface area contributed by atoms with Crippen molar-refractivity contribution in [2.24, 2.45) is 4.99 Å². The molecule has 1 aromatic rings. The summed E-state index contributed by atoms with van der Waals surface area (Å²) in [7, 11) is 1.57. The summed E-state index contributed by atoms with van der Waals surface area (Å²) in [5.41, 5.74) is 1.22. The number of hydrogen-bond donors (Lipinski definition) is 3. The number of urea groups is 1. The van der Waals surface area contributed by atoms with Crippen LogP contribution in [-0.2, 0) is 4.74 Å². The number of carbonyl (C=O) groups excluding carboxylic acids is 1. The zero-order valence-electron chi connectivity index (χ0n) is 13.8. The van der Waals surface area contributed by atoms with Gasteiger partial charge >= 0.3 is 6.03 Å². The first-order chi connectivity index (χ1) is 11.5. The van der Waals surface area contributed by atoms with Gasteiger partial charge in [0.1, 0.15) is 0 Å². The molecule has 0 aromatic heterocycles. The van der Waals surface area contributed by atoms with E-state index in [0.29, 0.717) is 28.6 Å². The minimum atomic E-state index is -0.495. The minimum Gasteiger partial charge on any atom is -0.501 e. The third-order valence-corrected chi connectivity index (χ3v) is 3.40. The highest BCUT2D eigenvalue weighted by molar-refractivity contribution is 6.30. The Morgan fingerprint density at radius 2 is 2.08 bits per heavy atom. The van der Waals surface area contributed by atoms with Gasteiger partial charge < -0.3 is 20.5 Å². The van der Waals surface area contributed by atoms with E-state index >= 15 is 0 Å². The molecular formula is C17H22ClN3O3. The van der Waals surface area contributed by atoms with Gasteiger partial charge in [-0.1, -0.05) is 11.6 Å². The van der Waals surface area contributed by atoms with E-state index in [-0.39, 0.29) is 6.61 Å². The molecule has 1 rings (SSSR count). The van der Waals surface area contributed by atoms with Crippen molar-refractivity contribution in [3.05, 3.63) is 52.9 Å². The molecule has 3 N–H and O–H groups in total. The standard InChI is InChI=1S/C17H22ClN3O3/c1-12(24-3)4-7-15(19-2)10-16(11-22)21-17(23)20-14-8-5-13(18)6-9-14/h4-9,16,22H,2,10-11H2,1,3H3,(H2,20,21,23)/b12-4+,15-7-. The van der Waals surface area contributed by atoms with Crippen LogP contribution in [0.2, 0.25) is 5.02 Å². The predicted molar refractivity (Wildman–Crippen MR) is 97.5 cm³/mol. The summed E-state index contributed by atoms with van der Waals surface area (Å²) >= 11 is 5.79. The Balaban J connectivity index is 2.63. The molecule has 0 aliphatic rings. The Morgan fingerprint density at radius 3 is 2.62 bits per heavy atom. The van der Waals surface area contributed by atoms with Crippen molar-refractivity contribution < 1.29 is 14.6 Å². The first kappa shape index (κ1) is 19.7. The summed E-state index contributed by atoms with van der Waals surface area (Å²) in [4.78, 5) is 15.9. The number of nitrogens with one attached hydrogen (secondary N) is 2. The molecule has 130 valence electrons. The smallest absolute Gasteiger partial charge is 0.319 e. The second-order valence-corrected chi connectivity index (χ2v) is 5.42. The molecule has 0 aliphatic heterocycles. The summed E-state index contributed by atoms with van der Waals surface area (Å²) in [6.07, 6.45) is 3.81. The van der Waals surface area contributed by atoms with E-state index in [0.717, 1.165) is 0 Å². The average Bonchev–Trinajstić information content (AvgIpc) is 2.59. The van der Waals surface area contributed by atoms with Crippen LogP contribution >= 0.6 is 11.6 Å². The maximum atomic E-state index is 12.0. The minimum absolute atomic E-state index is 0.228. The maximum Gasteiger partial charge on any atom is 0.319 e. The first-order valence-corrected chi connectivity index (χ1v) is 7.68. The zero-order valence-corrected chi connectivity index (χ0v) is 14.5. The molecule has 1 atom stereocenters. The number of allylic oxidation sites excluding steroid dienone is 3. The number of halogens is 1. The number of rotatable bonds is 8. The lowest BCUT2D eigenvalue weighted by molar-refractivity contribution is 0.224. The van der Waals surface area contributed by atoms with Crippen LogP contribution in [0.25, 0.3) is 0 Å². The van der Waals surface area contributed by atoms with E-state index in [4.69, 9.17) is 16.3 Å². The molecule has 0 spiro atoms. The monoisotopic (exact) mass is 351 g/mol. The second kappa shape index (κ2) is 10.5. The highest BCUT2D eigenvalue weighted by Gasteiger charge is 2.13. The van der Waals surface area contributed by atoms with Crippen LogP contribution in [0.3, 0.4) is 0 Å². The van der Waals surface area contributed by atoms with Gasteiger partial charge in [-0.15, -0.1) is 0 Å². The Labute approximate surface area is 146 Å². The molecule has 2 amide bonds. The number of aliphatic imine (C=N–C) groups is 1. The van der Waals surface area contributed by atoms with E-state index < -0.39 is 12.1 Å². The predicted octanol–water partition coefficient (Wildman–Crippen LogP) is 3.35. The molecular weight excluding hydrogens is 330 g/mol. The van der Waals surface area contributed by atoms with Crippen molar-refractivity contribution in [2.75, 3.05) is 19.0 Å². The molecule has 1 unspecified atom stereocenters. The molecule has 6 nitrogen and oxygen atoms in total. The molecule has 0 heterocycles. The fourth-order valence-electron chi connectivity index (χ4n) is 1.77. The Morgan fingerprint density at radius 1 is 1.42 bits per heavy atom. The quantitative estimate of drug-likeness (QED) is 0.381. The fraction of sp³-hybridized carbons (Fsp3) is 0.294. The normalized spacial score (nSPS) is 13.2. The highest BCUT2D eigenvalue weighted by Crippen LogP contribution is 2.13. The molecule has 0 bridgehead atoms. The summed E-state index contributed by atoms with van der Waals surface area (Å²) in [6.45, 7) is 5.07. The van der Waals surface area contributed by atoms with Crippen LogP contribution in [0.15, 0.2) is 52.9 Å². The Hall–Kier alpha value is -2.31. The topological polar surface area (TPSA) is 83.0 Å². The maximum absolute atomic E-state index is 12.0. The molecule has 0 radical (unpaired) electrons. The number of amides is 2.